The van der Waals surface area contributed by atoms with Crippen LogP contribution in [-0.4, -0.2) is 15.4 Å². The average Bonchev–Trinajstić information content (AvgIpc) is 2.96. The Morgan fingerprint density at radius 3 is 2.70 bits per heavy atom. The molecular weight excluding hydrogens is 433 g/mol. The van der Waals surface area contributed by atoms with Crippen LogP contribution in [-0.2, 0) is 6.54 Å². The summed E-state index contributed by atoms with van der Waals surface area (Å²) in [4.78, 5) is 27.4. The molecule has 1 heterocycles. The van der Waals surface area contributed by atoms with Gasteiger partial charge in [-0.15, -0.1) is 6.42 Å². The molecular formula is C17H8Cl3N3O3S. The molecule has 0 bridgehead atoms. The number of fused-ring (bicyclic) bond motifs is 1. The maximum Gasteiger partial charge on any atom is 0.286 e. The van der Waals surface area contributed by atoms with E-state index in [0.29, 0.717) is 15.2 Å². The number of nitro benzene ring substituents is 1. The van der Waals surface area contributed by atoms with Crippen molar-refractivity contribution >= 4 is 68.0 Å². The highest BCUT2D eigenvalue weighted by Crippen LogP contribution is 2.32. The van der Waals surface area contributed by atoms with Gasteiger partial charge in [0.1, 0.15) is 5.56 Å². The second-order valence-corrected chi connectivity index (χ2v) is 7.45. The van der Waals surface area contributed by atoms with E-state index in [4.69, 9.17) is 41.2 Å². The van der Waals surface area contributed by atoms with Crippen molar-refractivity contribution in [2.75, 3.05) is 0 Å². The van der Waals surface area contributed by atoms with Crippen molar-refractivity contribution in [3.05, 3.63) is 65.9 Å². The molecule has 0 aliphatic heterocycles. The summed E-state index contributed by atoms with van der Waals surface area (Å²) in [6, 6.07) is 7.04. The number of hydrogen-bond acceptors (Lipinski definition) is 4. The van der Waals surface area contributed by atoms with Crippen molar-refractivity contribution in [2.24, 2.45) is 4.99 Å². The molecule has 10 heteroatoms. The van der Waals surface area contributed by atoms with E-state index >= 15 is 0 Å². The zero-order valence-corrected chi connectivity index (χ0v) is 16.4. The van der Waals surface area contributed by atoms with Gasteiger partial charge in [0.15, 0.2) is 4.80 Å². The molecule has 3 rings (SSSR count). The molecule has 0 saturated heterocycles. The van der Waals surface area contributed by atoms with Gasteiger partial charge in [0.05, 0.1) is 31.7 Å². The Kier molecular flexibility index (Phi) is 5.53. The van der Waals surface area contributed by atoms with Gasteiger partial charge in [0.2, 0.25) is 0 Å². The van der Waals surface area contributed by atoms with Crippen LogP contribution in [0.15, 0.2) is 35.3 Å². The number of carbonyl (C=O) groups is 1. The van der Waals surface area contributed by atoms with E-state index in [2.05, 4.69) is 10.9 Å². The van der Waals surface area contributed by atoms with E-state index in [0.717, 1.165) is 17.4 Å². The molecule has 0 aliphatic carbocycles. The maximum atomic E-state index is 12.6. The summed E-state index contributed by atoms with van der Waals surface area (Å²) in [5, 5.41) is 12.0. The van der Waals surface area contributed by atoms with Gasteiger partial charge in [0.25, 0.3) is 11.6 Å². The van der Waals surface area contributed by atoms with E-state index in [-0.39, 0.29) is 32.6 Å². The van der Waals surface area contributed by atoms with Crippen LogP contribution in [0.25, 0.3) is 10.2 Å². The summed E-state index contributed by atoms with van der Waals surface area (Å²) in [5.74, 6) is 1.65. The predicted octanol–water partition coefficient (Wildman–Crippen LogP) is 4.95. The Balaban J connectivity index is 2.26. The average molecular weight is 441 g/mol. The third kappa shape index (κ3) is 3.70. The summed E-state index contributed by atoms with van der Waals surface area (Å²) < 4.78 is 2.27. The van der Waals surface area contributed by atoms with E-state index in [1.165, 1.54) is 12.1 Å². The lowest BCUT2D eigenvalue weighted by Gasteiger charge is -2.03. The summed E-state index contributed by atoms with van der Waals surface area (Å²) in [5.41, 5.74) is -0.0700. The first kappa shape index (κ1) is 19.4. The van der Waals surface area contributed by atoms with E-state index < -0.39 is 10.8 Å². The van der Waals surface area contributed by atoms with Crippen molar-refractivity contribution < 1.29 is 9.72 Å². The number of benzene rings is 2. The second kappa shape index (κ2) is 7.71. The number of rotatable bonds is 3. The van der Waals surface area contributed by atoms with Crippen molar-refractivity contribution in [3.63, 3.8) is 0 Å². The molecule has 0 aliphatic rings. The van der Waals surface area contributed by atoms with Gasteiger partial charge in [-0.25, -0.2) is 0 Å². The quantitative estimate of drug-likeness (QED) is 0.328. The van der Waals surface area contributed by atoms with Gasteiger partial charge in [-0.05, 0) is 24.3 Å². The van der Waals surface area contributed by atoms with Gasteiger partial charge in [0, 0.05) is 11.1 Å². The molecule has 0 unspecified atom stereocenters. The number of hydrogen-bond donors (Lipinski definition) is 0. The van der Waals surface area contributed by atoms with E-state index in [9.17, 15) is 14.9 Å². The van der Waals surface area contributed by atoms with Crippen LogP contribution in [0.1, 0.15) is 10.4 Å². The Bertz CT molecular complexity index is 1210. The predicted molar refractivity (Wildman–Crippen MR) is 107 cm³/mol. The second-order valence-electron chi connectivity index (χ2n) is 5.22. The fourth-order valence-corrected chi connectivity index (χ4v) is 4.10. The molecule has 0 N–H and O–H groups in total. The first-order valence-electron chi connectivity index (χ1n) is 7.27. The minimum Gasteiger partial charge on any atom is -0.303 e. The Morgan fingerprint density at radius 1 is 1.30 bits per heavy atom. The Morgan fingerprint density at radius 2 is 2.04 bits per heavy atom. The number of thiazole rings is 1. The number of terminal acetylenes is 1. The molecule has 0 atom stereocenters. The molecule has 1 aromatic heterocycles. The number of carbonyl (C=O) groups excluding carboxylic acids is 1. The van der Waals surface area contributed by atoms with Crippen LogP contribution in [0.5, 0.6) is 0 Å². The lowest BCUT2D eigenvalue weighted by Crippen LogP contribution is -2.17. The van der Waals surface area contributed by atoms with Crippen molar-refractivity contribution in [2.45, 2.75) is 6.54 Å². The number of halogens is 3. The molecule has 27 heavy (non-hydrogen) atoms. The molecule has 3 aromatic rings. The normalized spacial score (nSPS) is 11.6. The third-order valence-electron chi connectivity index (χ3n) is 3.57. The highest BCUT2D eigenvalue weighted by molar-refractivity contribution is 7.16. The number of nitro groups is 1. The summed E-state index contributed by atoms with van der Waals surface area (Å²) in [7, 11) is 0. The van der Waals surface area contributed by atoms with Gasteiger partial charge < -0.3 is 4.57 Å². The SMILES string of the molecule is C#CCn1c(=NC(=O)c2cc(Cl)ccc2[N+](=O)[O-])sc2ccc(Cl)c(Cl)c21. The molecule has 6 nitrogen and oxygen atoms in total. The minimum absolute atomic E-state index is 0.0871. The molecule has 0 saturated carbocycles. The summed E-state index contributed by atoms with van der Waals surface area (Å²) in [6.07, 6.45) is 5.42. The Hall–Kier alpha value is -2.37. The van der Waals surface area contributed by atoms with Crippen LogP contribution in [0.4, 0.5) is 5.69 Å². The van der Waals surface area contributed by atoms with Crippen molar-refractivity contribution in [3.8, 4) is 12.3 Å². The fraction of sp³-hybridized carbons (Fsp3) is 0.0588. The fourth-order valence-electron chi connectivity index (χ4n) is 2.41. The van der Waals surface area contributed by atoms with Crippen LogP contribution in [0.2, 0.25) is 15.1 Å². The van der Waals surface area contributed by atoms with Gasteiger partial charge in [-0.1, -0.05) is 52.1 Å². The maximum absolute atomic E-state index is 12.6. The molecule has 0 radical (unpaired) electrons. The molecule has 0 fully saturated rings. The molecule has 136 valence electrons. The third-order valence-corrected chi connectivity index (χ3v) is 5.64. The topological polar surface area (TPSA) is 77.5 Å². The lowest BCUT2D eigenvalue weighted by molar-refractivity contribution is -0.385. The highest BCUT2D eigenvalue weighted by Gasteiger charge is 2.21. The van der Waals surface area contributed by atoms with Gasteiger partial charge in [-0.3, -0.25) is 14.9 Å². The van der Waals surface area contributed by atoms with Crippen LogP contribution >= 0.6 is 46.1 Å². The molecule has 2 aromatic carbocycles. The summed E-state index contributed by atoms with van der Waals surface area (Å²) in [6.45, 7) is 0.0871. The molecule has 1 amide bonds. The minimum atomic E-state index is -0.816. The van der Waals surface area contributed by atoms with E-state index in [1.807, 2.05) is 0 Å². The van der Waals surface area contributed by atoms with Gasteiger partial charge in [-0.2, -0.15) is 4.99 Å². The van der Waals surface area contributed by atoms with E-state index in [1.54, 1.807) is 16.7 Å². The monoisotopic (exact) mass is 439 g/mol. The summed E-state index contributed by atoms with van der Waals surface area (Å²) >= 11 is 19.4. The first-order chi connectivity index (χ1) is 12.8. The smallest absolute Gasteiger partial charge is 0.286 e. The van der Waals surface area contributed by atoms with Gasteiger partial charge >= 0.3 is 0 Å². The number of aromatic nitrogens is 1. The standard InChI is InChI=1S/C17H8Cl3N3O3S/c1-2-7-22-15-13(6-4-11(19)14(15)20)27-17(22)21-16(24)10-8-9(18)3-5-12(10)23(25)26/h1,3-6,8H,7H2. The zero-order valence-electron chi connectivity index (χ0n) is 13.3. The Labute approximate surface area is 171 Å². The molecule has 0 spiro atoms. The largest absolute Gasteiger partial charge is 0.303 e. The zero-order chi connectivity index (χ0) is 19.7. The first-order valence-corrected chi connectivity index (χ1v) is 9.22. The van der Waals surface area contributed by atoms with Crippen LogP contribution < -0.4 is 4.80 Å². The van der Waals surface area contributed by atoms with Crippen molar-refractivity contribution in [1.82, 2.24) is 4.57 Å². The highest BCUT2D eigenvalue weighted by atomic mass is 35.5. The van der Waals surface area contributed by atoms with Crippen molar-refractivity contribution in [1.29, 1.82) is 0 Å². The van der Waals surface area contributed by atoms with Crippen LogP contribution in [0.3, 0.4) is 0 Å². The lowest BCUT2D eigenvalue weighted by atomic mass is 10.2. The van der Waals surface area contributed by atoms with Crippen LogP contribution in [0, 0.1) is 22.5 Å². The number of nitrogens with zero attached hydrogens (tertiary/aromatic N) is 3. The number of amides is 1.